The number of aliphatic hydroxyl groups excluding tert-OH is 1. The number of allylic oxidation sites excluding steroid dienone is 2. The summed E-state index contributed by atoms with van der Waals surface area (Å²) in [5.74, 6) is 4.51. The van der Waals surface area contributed by atoms with Gasteiger partial charge in [0.25, 0.3) is 0 Å². The van der Waals surface area contributed by atoms with Crippen molar-refractivity contribution in [3.8, 4) is 0 Å². The minimum Gasteiger partial charge on any atom is -0.510 e. The molecule has 0 spiro atoms. The fourth-order valence-electron chi connectivity index (χ4n) is 8.17. The Balaban J connectivity index is 1.36. The van der Waals surface area contributed by atoms with E-state index in [-0.39, 0.29) is 5.41 Å². The van der Waals surface area contributed by atoms with E-state index in [1.54, 1.807) is 0 Å². The summed E-state index contributed by atoms with van der Waals surface area (Å²) in [5, 5.41) is 26.1. The van der Waals surface area contributed by atoms with E-state index in [1.165, 1.54) is 44.1 Å². The maximum atomic E-state index is 11.0. The summed E-state index contributed by atoms with van der Waals surface area (Å²) in [5.41, 5.74) is 2.06. The molecule has 4 aliphatic carbocycles. The minimum absolute atomic E-state index is 0.167. The first-order valence-electron chi connectivity index (χ1n) is 11.9. The number of nitrogens with zero attached hydrogens (tertiary/aromatic N) is 2. The second-order valence-corrected chi connectivity index (χ2v) is 11.2. The van der Waals surface area contributed by atoms with E-state index in [1.807, 2.05) is 30.8 Å². The number of hydrogen-bond acceptors (Lipinski definition) is 3. The largest absolute Gasteiger partial charge is 0.510 e. The van der Waals surface area contributed by atoms with Crippen LogP contribution in [0.25, 0.3) is 0 Å². The summed E-state index contributed by atoms with van der Waals surface area (Å²) in [7, 11) is 0. The Kier molecular flexibility index (Phi) is 4.65. The molecule has 0 aliphatic heterocycles. The van der Waals surface area contributed by atoms with Crippen LogP contribution in [0, 0.1) is 41.9 Å². The molecule has 4 aliphatic rings. The van der Waals surface area contributed by atoms with Gasteiger partial charge in [-0.1, -0.05) is 6.92 Å². The van der Waals surface area contributed by atoms with Crippen LogP contribution < -0.4 is 0 Å². The lowest BCUT2D eigenvalue weighted by molar-refractivity contribution is -0.0902. The van der Waals surface area contributed by atoms with Crippen LogP contribution in [0.4, 0.5) is 0 Å². The minimum atomic E-state index is -0.433. The highest BCUT2D eigenvalue weighted by molar-refractivity contribution is 5.26. The van der Waals surface area contributed by atoms with Crippen LogP contribution in [0.5, 0.6) is 0 Å². The van der Waals surface area contributed by atoms with Crippen molar-refractivity contribution >= 4 is 0 Å². The summed E-state index contributed by atoms with van der Waals surface area (Å²) in [6.07, 6.45) is 12.6. The zero-order valence-corrected chi connectivity index (χ0v) is 18.4. The molecule has 4 saturated carbocycles. The van der Waals surface area contributed by atoms with E-state index in [4.69, 9.17) is 0 Å². The van der Waals surface area contributed by atoms with Crippen LogP contribution in [-0.4, -0.2) is 25.6 Å². The number of fused-ring (bicyclic) bond motifs is 5. The van der Waals surface area contributed by atoms with Crippen molar-refractivity contribution in [3.63, 3.8) is 0 Å². The van der Waals surface area contributed by atoms with Gasteiger partial charge in [0.05, 0.1) is 17.8 Å². The summed E-state index contributed by atoms with van der Waals surface area (Å²) >= 11 is 0. The van der Waals surface area contributed by atoms with E-state index in [2.05, 4.69) is 12.0 Å². The number of aryl methyl sites for hydroxylation is 1. The molecular weight excluding hydrogens is 360 g/mol. The third-order valence-corrected chi connectivity index (χ3v) is 9.46. The predicted molar refractivity (Wildman–Crippen MR) is 114 cm³/mol. The fraction of sp³-hybridized carbons (Fsp3) is 0.800. The average Bonchev–Trinajstić information content (AvgIpc) is 3.22. The lowest BCUT2D eigenvalue weighted by Gasteiger charge is -2.56. The first-order valence-corrected chi connectivity index (χ1v) is 11.9. The van der Waals surface area contributed by atoms with Crippen molar-refractivity contribution < 1.29 is 10.2 Å². The molecule has 1 aromatic heterocycles. The normalized spacial score (nSPS) is 46.0. The molecule has 2 N–H and O–H groups in total. The van der Waals surface area contributed by atoms with Gasteiger partial charge in [-0.3, -0.25) is 4.68 Å². The fourth-order valence-corrected chi connectivity index (χ4v) is 8.17. The Morgan fingerprint density at radius 3 is 2.66 bits per heavy atom. The molecule has 0 amide bonds. The predicted octanol–water partition coefficient (Wildman–Crippen LogP) is 5.41. The molecule has 7 atom stereocenters. The molecule has 4 fully saturated rings. The summed E-state index contributed by atoms with van der Waals surface area (Å²) in [6.45, 7) is 7.00. The van der Waals surface area contributed by atoms with E-state index >= 15 is 0 Å². The molecule has 5 rings (SSSR count). The number of rotatable bonds is 2. The Bertz CT molecular complexity index is 810. The molecule has 4 nitrogen and oxygen atoms in total. The molecule has 0 unspecified atom stereocenters. The summed E-state index contributed by atoms with van der Waals surface area (Å²) < 4.78 is 1.87. The zero-order valence-electron chi connectivity index (χ0n) is 18.4. The highest BCUT2D eigenvalue weighted by Crippen LogP contribution is 2.64. The second-order valence-electron chi connectivity index (χ2n) is 11.2. The Labute approximate surface area is 175 Å². The Hall–Kier alpha value is -1.29. The SMILES string of the molecule is Cc1ccn(C/C(O)=C2/CC[C@H]3[C@@H]4CC[C@@H]5C[C@](C)(O)CC[C@@H]5[C@H]4CC[C@]23C)n1. The maximum Gasteiger partial charge on any atom is 0.113 e. The van der Waals surface area contributed by atoms with Gasteiger partial charge in [0.2, 0.25) is 0 Å². The maximum absolute atomic E-state index is 11.0. The smallest absolute Gasteiger partial charge is 0.113 e. The van der Waals surface area contributed by atoms with Crippen molar-refractivity contribution in [2.24, 2.45) is 35.0 Å². The van der Waals surface area contributed by atoms with E-state index < -0.39 is 5.60 Å². The van der Waals surface area contributed by atoms with Crippen molar-refractivity contribution in [3.05, 3.63) is 29.3 Å². The quantitative estimate of drug-likeness (QED) is 0.655. The monoisotopic (exact) mass is 398 g/mol. The lowest BCUT2D eigenvalue weighted by Crippen LogP contribution is -2.49. The molecule has 1 heterocycles. The topological polar surface area (TPSA) is 58.3 Å². The van der Waals surface area contributed by atoms with Crippen molar-refractivity contribution in [1.82, 2.24) is 9.78 Å². The van der Waals surface area contributed by atoms with Gasteiger partial charge in [-0.25, -0.2) is 0 Å². The van der Waals surface area contributed by atoms with E-state index in [9.17, 15) is 10.2 Å². The molecule has 0 aromatic carbocycles. The van der Waals surface area contributed by atoms with E-state index in [0.717, 1.165) is 54.5 Å². The first kappa shape index (κ1) is 19.7. The molecule has 1 aromatic rings. The van der Waals surface area contributed by atoms with Gasteiger partial charge < -0.3 is 10.2 Å². The van der Waals surface area contributed by atoms with Crippen molar-refractivity contribution in [2.75, 3.05) is 0 Å². The molecule has 0 radical (unpaired) electrons. The van der Waals surface area contributed by atoms with Crippen molar-refractivity contribution in [2.45, 2.75) is 90.7 Å². The number of hydrogen-bond donors (Lipinski definition) is 2. The second kappa shape index (κ2) is 6.87. The first-order chi connectivity index (χ1) is 13.8. The third kappa shape index (κ3) is 3.26. The van der Waals surface area contributed by atoms with Crippen LogP contribution in [0.1, 0.15) is 77.3 Å². The van der Waals surface area contributed by atoms with Gasteiger partial charge in [0.1, 0.15) is 5.76 Å². The van der Waals surface area contributed by atoms with Crippen LogP contribution in [0.15, 0.2) is 23.6 Å². The van der Waals surface area contributed by atoms with Gasteiger partial charge in [-0.15, -0.1) is 0 Å². The average molecular weight is 399 g/mol. The number of aromatic nitrogens is 2. The van der Waals surface area contributed by atoms with E-state index in [0.29, 0.717) is 12.3 Å². The molecular formula is C25H38N2O2. The molecule has 160 valence electrons. The van der Waals surface area contributed by atoms with Crippen LogP contribution >= 0.6 is 0 Å². The molecule has 0 saturated heterocycles. The van der Waals surface area contributed by atoms with Gasteiger partial charge in [0.15, 0.2) is 0 Å². The van der Waals surface area contributed by atoms with Crippen LogP contribution in [0.3, 0.4) is 0 Å². The van der Waals surface area contributed by atoms with Gasteiger partial charge in [-0.05, 0) is 118 Å². The lowest BCUT2D eigenvalue weighted by atomic mass is 9.49. The molecule has 0 bridgehead atoms. The van der Waals surface area contributed by atoms with Crippen LogP contribution in [0.2, 0.25) is 0 Å². The summed E-state index contributed by atoms with van der Waals surface area (Å²) in [6, 6.07) is 2.00. The van der Waals surface area contributed by atoms with Gasteiger partial charge in [0, 0.05) is 6.20 Å². The standard InChI is InChI=1S/C25H38N2O2/c1-16-10-13-27(26-16)15-23(28)22-7-6-21-20-5-4-17-14-24(2,29)11-8-18(17)19(20)9-12-25(21,22)3/h10,13,17-21,28-29H,4-9,11-12,14-15H2,1-3H3/b23-22+/t17-,18+,19-,20-,21+,24-,25+/m1/s1. The van der Waals surface area contributed by atoms with Gasteiger partial charge in [-0.2, -0.15) is 5.10 Å². The molecule has 29 heavy (non-hydrogen) atoms. The van der Waals surface area contributed by atoms with Crippen LogP contribution in [-0.2, 0) is 6.54 Å². The van der Waals surface area contributed by atoms with Crippen molar-refractivity contribution in [1.29, 1.82) is 0 Å². The highest BCUT2D eigenvalue weighted by Gasteiger charge is 2.56. The number of aliphatic hydroxyl groups is 2. The third-order valence-electron chi connectivity index (χ3n) is 9.46. The van der Waals surface area contributed by atoms with Gasteiger partial charge >= 0.3 is 0 Å². The Morgan fingerprint density at radius 2 is 1.90 bits per heavy atom. The zero-order chi connectivity index (χ0) is 20.4. The molecule has 4 heteroatoms. The Morgan fingerprint density at radius 1 is 1.10 bits per heavy atom. The highest BCUT2D eigenvalue weighted by atomic mass is 16.3. The summed E-state index contributed by atoms with van der Waals surface area (Å²) in [4.78, 5) is 0.